The first-order valence-electron chi connectivity index (χ1n) is 3.27. The molecule has 5 heteroatoms. The van der Waals surface area contributed by atoms with Gasteiger partial charge < -0.3 is 0 Å². The molecule has 1 unspecified atom stereocenters. The van der Waals surface area contributed by atoms with Gasteiger partial charge in [0.05, 0.1) is 0 Å². The molecule has 1 rings (SSSR count). The molecular formula is C7H11ClO3S. The van der Waals surface area contributed by atoms with E-state index in [1.165, 1.54) is 13.0 Å². The largest absolute Gasteiger partial charge is 0.285 e. The third kappa shape index (κ3) is 2.09. The van der Waals surface area contributed by atoms with Gasteiger partial charge >= 0.3 is 0 Å². The van der Waals surface area contributed by atoms with Gasteiger partial charge in [-0.3, -0.25) is 4.55 Å². The van der Waals surface area contributed by atoms with E-state index >= 15 is 0 Å². The number of halogens is 1. The van der Waals surface area contributed by atoms with E-state index in [1.54, 1.807) is 18.2 Å². The van der Waals surface area contributed by atoms with E-state index in [0.717, 1.165) is 0 Å². The Morgan fingerprint density at radius 2 is 2.00 bits per heavy atom. The zero-order valence-corrected chi connectivity index (χ0v) is 8.23. The first-order valence-corrected chi connectivity index (χ1v) is 4.71. The fourth-order valence-corrected chi connectivity index (χ4v) is 1.46. The summed E-state index contributed by atoms with van der Waals surface area (Å²) in [5.41, 5.74) is 0. The molecule has 0 fully saturated rings. The zero-order valence-electron chi connectivity index (χ0n) is 6.60. The molecule has 0 spiro atoms. The molecule has 70 valence electrons. The monoisotopic (exact) mass is 210 g/mol. The van der Waals surface area contributed by atoms with Crippen LogP contribution in [0.25, 0.3) is 0 Å². The van der Waals surface area contributed by atoms with E-state index in [4.69, 9.17) is 4.55 Å². The maximum atomic E-state index is 10.8. The lowest BCUT2D eigenvalue weighted by Crippen LogP contribution is -2.32. The highest BCUT2D eigenvalue weighted by atomic mass is 35.5. The van der Waals surface area contributed by atoms with Gasteiger partial charge in [-0.05, 0) is 13.3 Å². The smallest absolute Gasteiger partial charge is 0.274 e. The van der Waals surface area contributed by atoms with Gasteiger partial charge in [-0.25, -0.2) is 0 Å². The van der Waals surface area contributed by atoms with E-state index in [9.17, 15) is 8.42 Å². The molecule has 1 aliphatic carbocycles. The third-order valence-electron chi connectivity index (χ3n) is 1.81. The normalized spacial score (nSPS) is 28.2. The van der Waals surface area contributed by atoms with Crippen LogP contribution in [0.5, 0.6) is 0 Å². The second-order valence-corrected chi connectivity index (χ2v) is 4.66. The van der Waals surface area contributed by atoms with Crippen molar-refractivity contribution >= 4 is 22.5 Å². The fraction of sp³-hybridized carbons (Fsp3) is 0.429. The van der Waals surface area contributed by atoms with Crippen molar-refractivity contribution in [2.45, 2.75) is 18.1 Å². The van der Waals surface area contributed by atoms with Gasteiger partial charge in [-0.1, -0.05) is 24.3 Å². The molecule has 0 saturated heterocycles. The number of allylic oxidation sites excluding steroid dienone is 3. The summed E-state index contributed by atoms with van der Waals surface area (Å²) in [6.45, 7) is 1.49. The van der Waals surface area contributed by atoms with Gasteiger partial charge in [0.15, 0.2) is 0 Å². The average Bonchev–Trinajstić information content (AvgIpc) is 1.87. The van der Waals surface area contributed by atoms with Crippen molar-refractivity contribution in [2.24, 2.45) is 0 Å². The Morgan fingerprint density at radius 3 is 2.25 bits per heavy atom. The number of hydrogen-bond acceptors (Lipinski definition) is 2. The minimum atomic E-state index is -3.96. The van der Waals surface area contributed by atoms with E-state index in [0.29, 0.717) is 6.42 Å². The Labute approximate surface area is 78.3 Å². The van der Waals surface area contributed by atoms with E-state index in [1.807, 2.05) is 0 Å². The lowest BCUT2D eigenvalue weighted by Gasteiger charge is -2.21. The molecule has 0 heterocycles. The summed E-state index contributed by atoms with van der Waals surface area (Å²) in [5.74, 6) is 0. The minimum Gasteiger partial charge on any atom is -0.285 e. The Bertz CT molecular complexity index is 305. The molecule has 3 nitrogen and oxygen atoms in total. The molecular weight excluding hydrogens is 200 g/mol. The van der Waals surface area contributed by atoms with E-state index < -0.39 is 14.9 Å². The lowest BCUT2D eigenvalue weighted by atomic mass is 10.0. The molecule has 0 aliphatic heterocycles. The van der Waals surface area contributed by atoms with Crippen LogP contribution in [0.2, 0.25) is 0 Å². The first kappa shape index (κ1) is 11.7. The van der Waals surface area contributed by atoms with Crippen molar-refractivity contribution in [1.82, 2.24) is 0 Å². The van der Waals surface area contributed by atoms with Crippen molar-refractivity contribution in [3.05, 3.63) is 24.3 Å². The quantitative estimate of drug-likeness (QED) is 0.669. The van der Waals surface area contributed by atoms with E-state index in [-0.39, 0.29) is 12.4 Å². The van der Waals surface area contributed by atoms with Crippen LogP contribution in [-0.4, -0.2) is 17.7 Å². The highest BCUT2D eigenvalue weighted by Gasteiger charge is 2.34. The van der Waals surface area contributed by atoms with E-state index in [2.05, 4.69) is 0 Å². The zero-order chi connectivity index (χ0) is 8.54. The van der Waals surface area contributed by atoms with Crippen LogP contribution in [0, 0.1) is 0 Å². The second-order valence-electron chi connectivity index (χ2n) is 2.78. The Hall–Kier alpha value is -0.320. The molecule has 12 heavy (non-hydrogen) atoms. The van der Waals surface area contributed by atoms with Crippen LogP contribution in [0.15, 0.2) is 24.3 Å². The van der Waals surface area contributed by atoms with Gasteiger partial charge in [0, 0.05) is 0 Å². The van der Waals surface area contributed by atoms with Crippen LogP contribution in [0.3, 0.4) is 0 Å². The molecule has 1 aliphatic rings. The predicted octanol–water partition coefficient (Wildman–Crippen LogP) is 1.57. The summed E-state index contributed by atoms with van der Waals surface area (Å²) in [6.07, 6.45) is 6.92. The molecule has 1 N–H and O–H groups in total. The molecule has 1 atom stereocenters. The number of hydrogen-bond donors (Lipinski definition) is 1. The topological polar surface area (TPSA) is 54.4 Å². The summed E-state index contributed by atoms with van der Waals surface area (Å²) < 4.78 is 29.2. The fourth-order valence-electron chi connectivity index (χ4n) is 0.899. The van der Waals surface area contributed by atoms with Crippen molar-refractivity contribution in [3.63, 3.8) is 0 Å². The van der Waals surface area contributed by atoms with Crippen LogP contribution in [0.4, 0.5) is 0 Å². The lowest BCUT2D eigenvalue weighted by molar-refractivity contribution is 0.452. The Morgan fingerprint density at radius 1 is 1.42 bits per heavy atom. The molecule has 0 aromatic heterocycles. The van der Waals surface area contributed by atoms with Crippen molar-refractivity contribution in [1.29, 1.82) is 0 Å². The Balaban J connectivity index is 0.00000121. The molecule has 0 saturated carbocycles. The standard InChI is InChI=1S/C7H10O3S.ClH/c1-7(11(8,9)10)5-3-2-4-6-7;/h2-5H,6H2,1H3,(H,8,9,10);1H. The van der Waals surface area contributed by atoms with Crippen molar-refractivity contribution < 1.29 is 13.0 Å². The van der Waals surface area contributed by atoms with Crippen LogP contribution >= 0.6 is 12.4 Å². The second kappa shape index (κ2) is 3.60. The SMILES string of the molecule is CC1(S(=O)(=O)O)C=CC=CC1.Cl. The average molecular weight is 211 g/mol. The summed E-state index contributed by atoms with van der Waals surface area (Å²) in [6, 6.07) is 0. The summed E-state index contributed by atoms with van der Waals surface area (Å²) in [4.78, 5) is 0. The van der Waals surface area contributed by atoms with Crippen molar-refractivity contribution in [3.8, 4) is 0 Å². The maximum Gasteiger partial charge on any atom is 0.274 e. The van der Waals surface area contributed by atoms with Gasteiger partial charge in [-0.2, -0.15) is 8.42 Å². The van der Waals surface area contributed by atoms with Gasteiger partial charge in [0.2, 0.25) is 0 Å². The van der Waals surface area contributed by atoms with Gasteiger partial charge in [-0.15, -0.1) is 12.4 Å². The molecule has 0 aromatic carbocycles. The third-order valence-corrected chi connectivity index (χ3v) is 3.29. The molecule has 0 bridgehead atoms. The molecule has 0 aromatic rings. The minimum absolute atomic E-state index is 0. The van der Waals surface area contributed by atoms with Crippen molar-refractivity contribution in [2.75, 3.05) is 0 Å². The molecule has 0 radical (unpaired) electrons. The van der Waals surface area contributed by atoms with Crippen LogP contribution in [0.1, 0.15) is 13.3 Å². The predicted molar refractivity (Wildman–Crippen MR) is 50.1 cm³/mol. The molecule has 0 amide bonds. The first-order chi connectivity index (χ1) is 4.96. The summed E-state index contributed by atoms with van der Waals surface area (Å²) in [7, 11) is -3.96. The van der Waals surface area contributed by atoms with Crippen LogP contribution < -0.4 is 0 Å². The summed E-state index contributed by atoms with van der Waals surface area (Å²) in [5, 5.41) is 0. The van der Waals surface area contributed by atoms with Gasteiger partial charge in [0.25, 0.3) is 10.1 Å². The summed E-state index contributed by atoms with van der Waals surface area (Å²) >= 11 is 0. The number of rotatable bonds is 1. The highest BCUT2D eigenvalue weighted by Crippen LogP contribution is 2.25. The van der Waals surface area contributed by atoms with Crippen LogP contribution in [-0.2, 0) is 10.1 Å². The Kier molecular flexibility index (Phi) is 3.50. The van der Waals surface area contributed by atoms with Gasteiger partial charge in [0.1, 0.15) is 4.75 Å². The highest BCUT2D eigenvalue weighted by molar-refractivity contribution is 7.87. The maximum absolute atomic E-state index is 10.8.